The van der Waals surface area contributed by atoms with Crippen LogP contribution in [-0.2, 0) is 14.3 Å². The normalized spacial score (nSPS) is 21.4. The second-order valence-corrected chi connectivity index (χ2v) is 8.42. The fourth-order valence-electron chi connectivity index (χ4n) is 3.92. The first kappa shape index (κ1) is 20.1. The third kappa shape index (κ3) is 3.94. The van der Waals surface area contributed by atoms with Crippen LogP contribution >= 0.6 is 23.4 Å². The Labute approximate surface area is 176 Å². The highest BCUT2D eigenvalue weighted by Gasteiger charge is 2.44. The molecule has 2 saturated heterocycles. The summed E-state index contributed by atoms with van der Waals surface area (Å²) in [7, 11) is 0. The molecule has 1 aromatic heterocycles. The maximum absolute atomic E-state index is 13.3. The van der Waals surface area contributed by atoms with E-state index >= 15 is 0 Å². The molecule has 1 aromatic carbocycles. The minimum atomic E-state index is -0.949. The lowest BCUT2D eigenvalue weighted by atomic mass is 10.1. The number of nitrogens with zero attached hydrogens (tertiary/aromatic N) is 2. The summed E-state index contributed by atoms with van der Waals surface area (Å²) in [5.41, 5.74) is 1.30. The number of carbonyl (C=O) groups excluding carboxylic acids is 2. The number of hydrogen-bond acceptors (Lipinski definition) is 5. The van der Waals surface area contributed by atoms with Gasteiger partial charge in [0, 0.05) is 36.7 Å². The van der Waals surface area contributed by atoms with Crippen LogP contribution in [0.1, 0.15) is 10.4 Å². The fourth-order valence-corrected chi connectivity index (χ4v) is 4.83. The SMILES string of the molecule is O=C(O)CSCC(=O)N1C[C@H]2OCCN(C(=O)c3c[nH]c4cccc(Cl)c34)[C@H]2C1. The number of ether oxygens (including phenoxy) is 1. The number of aliphatic carboxylic acids is 1. The standard InChI is InChI=1S/C19H20ClN3O5S/c20-12-2-1-3-13-18(12)11(6-21-13)19(27)23-4-5-28-15-8-22(7-14(15)23)16(24)9-29-10-17(25)26/h1-3,6,14-15,21H,4-5,7-10H2,(H,25,26)/t14-,15+/m0/s1. The lowest BCUT2D eigenvalue weighted by molar-refractivity contribution is -0.133. The summed E-state index contributed by atoms with van der Waals surface area (Å²) in [4.78, 5) is 42.9. The molecule has 2 amide bonds. The van der Waals surface area contributed by atoms with Gasteiger partial charge in [-0.15, -0.1) is 11.8 Å². The highest BCUT2D eigenvalue weighted by Crippen LogP contribution is 2.30. The molecule has 2 fully saturated rings. The predicted octanol–water partition coefficient (Wildman–Crippen LogP) is 1.69. The smallest absolute Gasteiger partial charge is 0.313 e. The van der Waals surface area contributed by atoms with Crippen molar-refractivity contribution >= 4 is 52.0 Å². The van der Waals surface area contributed by atoms with Crippen molar-refractivity contribution in [2.45, 2.75) is 12.1 Å². The number of likely N-dealkylation sites (tertiary alicyclic amines) is 1. The second kappa shape index (κ2) is 8.25. The Hall–Kier alpha value is -2.23. The van der Waals surface area contributed by atoms with E-state index in [2.05, 4.69) is 4.98 Å². The Bertz CT molecular complexity index is 964. The largest absolute Gasteiger partial charge is 0.481 e. The van der Waals surface area contributed by atoms with Crippen molar-refractivity contribution in [2.75, 3.05) is 37.7 Å². The quantitative estimate of drug-likeness (QED) is 0.737. The minimum Gasteiger partial charge on any atom is -0.481 e. The van der Waals surface area contributed by atoms with Crippen molar-refractivity contribution < 1.29 is 24.2 Å². The molecule has 10 heteroatoms. The van der Waals surface area contributed by atoms with Gasteiger partial charge in [0.25, 0.3) is 5.91 Å². The molecule has 0 aliphatic carbocycles. The van der Waals surface area contributed by atoms with Crippen molar-refractivity contribution in [2.24, 2.45) is 0 Å². The van der Waals surface area contributed by atoms with E-state index in [0.717, 1.165) is 17.3 Å². The number of hydrogen-bond donors (Lipinski definition) is 2. The lowest BCUT2D eigenvalue weighted by Crippen LogP contribution is -2.53. The first-order valence-electron chi connectivity index (χ1n) is 9.21. The van der Waals surface area contributed by atoms with Gasteiger partial charge in [0.1, 0.15) is 0 Å². The zero-order valence-corrected chi connectivity index (χ0v) is 17.0. The number of halogens is 1. The van der Waals surface area contributed by atoms with Gasteiger partial charge < -0.3 is 24.6 Å². The molecule has 2 aliphatic heterocycles. The van der Waals surface area contributed by atoms with Crippen LogP contribution < -0.4 is 0 Å². The third-order valence-corrected chi connectivity index (χ3v) is 6.47. The number of fused-ring (bicyclic) bond motifs is 2. The van der Waals surface area contributed by atoms with E-state index in [1.165, 1.54) is 0 Å². The van der Waals surface area contributed by atoms with Gasteiger partial charge in [-0.05, 0) is 12.1 Å². The Morgan fingerprint density at radius 3 is 2.90 bits per heavy atom. The third-order valence-electron chi connectivity index (χ3n) is 5.25. The summed E-state index contributed by atoms with van der Waals surface area (Å²) in [6.07, 6.45) is 1.42. The lowest BCUT2D eigenvalue weighted by Gasteiger charge is -2.36. The van der Waals surface area contributed by atoms with Crippen LogP contribution in [0.3, 0.4) is 0 Å². The summed E-state index contributed by atoms with van der Waals surface area (Å²) in [5.74, 6) is -1.25. The highest BCUT2D eigenvalue weighted by atomic mass is 35.5. The van der Waals surface area contributed by atoms with Gasteiger partial charge in [-0.1, -0.05) is 17.7 Å². The molecule has 0 spiro atoms. The molecule has 8 nitrogen and oxygen atoms in total. The van der Waals surface area contributed by atoms with E-state index in [1.807, 2.05) is 12.1 Å². The molecular formula is C19H20ClN3O5S. The summed E-state index contributed by atoms with van der Waals surface area (Å²) in [6.45, 7) is 1.61. The Morgan fingerprint density at radius 2 is 2.10 bits per heavy atom. The van der Waals surface area contributed by atoms with Crippen LogP contribution in [0.15, 0.2) is 24.4 Å². The first-order valence-corrected chi connectivity index (χ1v) is 10.7. The number of rotatable bonds is 5. The molecule has 2 aliphatic rings. The number of H-pyrrole nitrogens is 1. The summed E-state index contributed by atoms with van der Waals surface area (Å²) < 4.78 is 5.81. The average Bonchev–Trinajstić information content (AvgIpc) is 3.32. The molecule has 154 valence electrons. The van der Waals surface area contributed by atoms with Gasteiger partial charge >= 0.3 is 5.97 Å². The van der Waals surface area contributed by atoms with Crippen molar-refractivity contribution in [1.29, 1.82) is 0 Å². The van der Waals surface area contributed by atoms with Crippen LogP contribution in [0.4, 0.5) is 0 Å². The number of thioether (sulfide) groups is 1. The molecule has 0 saturated carbocycles. The number of carbonyl (C=O) groups is 3. The highest BCUT2D eigenvalue weighted by molar-refractivity contribution is 8.00. The molecule has 0 bridgehead atoms. The Morgan fingerprint density at radius 1 is 1.28 bits per heavy atom. The molecule has 0 radical (unpaired) electrons. The molecule has 2 atom stereocenters. The zero-order chi connectivity index (χ0) is 20.5. The molecule has 2 aromatic rings. The number of aromatic amines is 1. The Kier molecular flexibility index (Phi) is 5.71. The van der Waals surface area contributed by atoms with E-state index < -0.39 is 5.97 Å². The summed E-state index contributed by atoms with van der Waals surface area (Å²) in [6, 6.07) is 5.20. The average molecular weight is 438 g/mol. The maximum atomic E-state index is 13.3. The molecule has 2 N–H and O–H groups in total. The second-order valence-electron chi connectivity index (χ2n) is 7.03. The summed E-state index contributed by atoms with van der Waals surface area (Å²) in [5, 5.41) is 9.92. The topological polar surface area (TPSA) is 103 Å². The number of benzene rings is 1. The van der Waals surface area contributed by atoms with Crippen LogP contribution in [0, 0.1) is 0 Å². The van der Waals surface area contributed by atoms with E-state index in [-0.39, 0.29) is 35.5 Å². The van der Waals surface area contributed by atoms with E-state index in [1.54, 1.807) is 22.1 Å². The van der Waals surface area contributed by atoms with Gasteiger partial charge in [-0.2, -0.15) is 0 Å². The molecule has 29 heavy (non-hydrogen) atoms. The van der Waals surface area contributed by atoms with E-state index in [9.17, 15) is 14.4 Å². The fraction of sp³-hybridized carbons (Fsp3) is 0.421. The molecular weight excluding hydrogens is 418 g/mol. The number of amides is 2. The monoisotopic (exact) mass is 437 g/mol. The predicted molar refractivity (Wildman–Crippen MR) is 109 cm³/mol. The van der Waals surface area contributed by atoms with Gasteiger partial charge in [-0.25, -0.2) is 0 Å². The number of nitrogens with one attached hydrogen (secondary N) is 1. The van der Waals surface area contributed by atoms with E-state index in [0.29, 0.717) is 42.2 Å². The van der Waals surface area contributed by atoms with E-state index in [4.69, 9.17) is 21.4 Å². The van der Waals surface area contributed by atoms with Crippen LogP contribution in [0.25, 0.3) is 10.9 Å². The van der Waals surface area contributed by atoms with Crippen molar-refractivity contribution in [3.05, 3.63) is 35.0 Å². The zero-order valence-electron chi connectivity index (χ0n) is 15.5. The van der Waals surface area contributed by atoms with Crippen molar-refractivity contribution in [3.8, 4) is 0 Å². The molecule has 0 unspecified atom stereocenters. The van der Waals surface area contributed by atoms with Gasteiger partial charge in [0.2, 0.25) is 5.91 Å². The number of carboxylic acid groups (broad SMARTS) is 1. The number of carboxylic acids is 1. The first-order chi connectivity index (χ1) is 14.0. The maximum Gasteiger partial charge on any atom is 0.313 e. The minimum absolute atomic E-state index is 0.0950. The molecule has 4 rings (SSSR count). The van der Waals surface area contributed by atoms with Gasteiger partial charge in [-0.3, -0.25) is 14.4 Å². The number of morpholine rings is 1. The molecule has 3 heterocycles. The van der Waals surface area contributed by atoms with Crippen molar-refractivity contribution in [1.82, 2.24) is 14.8 Å². The van der Waals surface area contributed by atoms with Gasteiger partial charge in [0.15, 0.2) is 0 Å². The summed E-state index contributed by atoms with van der Waals surface area (Å²) >= 11 is 7.39. The van der Waals surface area contributed by atoms with Crippen LogP contribution in [0.5, 0.6) is 0 Å². The van der Waals surface area contributed by atoms with Crippen LogP contribution in [0.2, 0.25) is 5.02 Å². The Balaban J connectivity index is 1.49. The number of aromatic nitrogens is 1. The van der Waals surface area contributed by atoms with Crippen LogP contribution in [-0.4, -0.2) is 87.6 Å². The van der Waals surface area contributed by atoms with Gasteiger partial charge in [0.05, 0.1) is 40.8 Å². The van der Waals surface area contributed by atoms with Crippen molar-refractivity contribution in [3.63, 3.8) is 0 Å².